The lowest BCUT2D eigenvalue weighted by Crippen LogP contribution is -2.00. The molecule has 0 bridgehead atoms. The predicted molar refractivity (Wildman–Crippen MR) is 60.2 cm³/mol. The topological polar surface area (TPSA) is 62.6 Å². The summed E-state index contributed by atoms with van der Waals surface area (Å²) in [6, 6.07) is 0. The molecular formula is C7H11Cl2N2O4P. The van der Waals surface area contributed by atoms with Gasteiger partial charge in [-0.2, -0.15) is 0 Å². The lowest BCUT2D eigenvalue weighted by atomic mass is 10.7. The van der Waals surface area contributed by atoms with Crippen LogP contribution in [0.3, 0.4) is 0 Å². The van der Waals surface area contributed by atoms with E-state index in [1.807, 2.05) is 6.92 Å². The Morgan fingerprint density at radius 1 is 1.38 bits per heavy atom. The maximum atomic E-state index is 11.7. The Balaban J connectivity index is 3.02. The standard InChI is InChI=1S/C7H11Cl2N2O4P/c1-4-11-6(9)5(8)7(10-11)15-16(12,13-2)14-3/h4H2,1-3H3. The van der Waals surface area contributed by atoms with E-state index in [-0.39, 0.29) is 16.1 Å². The third-order valence-corrected chi connectivity index (χ3v) is 3.86. The molecule has 0 N–H and O–H groups in total. The molecule has 0 spiro atoms. The highest BCUT2D eigenvalue weighted by Crippen LogP contribution is 2.49. The highest BCUT2D eigenvalue weighted by atomic mass is 35.5. The number of phosphoric acid groups is 1. The van der Waals surface area contributed by atoms with Crippen LogP contribution >= 0.6 is 31.0 Å². The Hall–Kier alpha value is -0.260. The molecule has 0 saturated heterocycles. The summed E-state index contributed by atoms with van der Waals surface area (Å²) in [5.74, 6) is -0.0828. The van der Waals surface area contributed by atoms with E-state index >= 15 is 0 Å². The van der Waals surface area contributed by atoms with Crippen LogP contribution in [0.2, 0.25) is 10.2 Å². The fourth-order valence-corrected chi connectivity index (χ4v) is 2.03. The summed E-state index contributed by atoms with van der Waals surface area (Å²) in [7, 11) is -1.28. The Morgan fingerprint density at radius 2 is 1.94 bits per heavy atom. The smallest absolute Gasteiger partial charge is 0.382 e. The van der Waals surface area contributed by atoms with Crippen molar-refractivity contribution < 1.29 is 18.1 Å². The van der Waals surface area contributed by atoms with Gasteiger partial charge in [0.15, 0.2) is 0 Å². The van der Waals surface area contributed by atoms with Gasteiger partial charge < -0.3 is 4.52 Å². The maximum absolute atomic E-state index is 11.7. The van der Waals surface area contributed by atoms with Crippen molar-refractivity contribution in [3.8, 4) is 5.88 Å². The minimum Gasteiger partial charge on any atom is -0.382 e. The number of hydrogen-bond acceptors (Lipinski definition) is 5. The molecule has 1 heterocycles. The summed E-state index contributed by atoms with van der Waals surface area (Å²) in [6.07, 6.45) is 0. The van der Waals surface area contributed by atoms with Gasteiger partial charge in [0.05, 0.1) is 0 Å². The highest BCUT2D eigenvalue weighted by Gasteiger charge is 2.29. The van der Waals surface area contributed by atoms with E-state index < -0.39 is 7.82 Å². The van der Waals surface area contributed by atoms with Gasteiger partial charge in [0.1, 0.15) is 10.2 Å². The quantitative estimate of drug-likeness (QED) is 0.780. The summed E-state index contributed by atoms with van der Waals surface area (Å²) < 4.78 is 27.2. The summed E-state index contributed by atoms with van der Waals surface area (Å²) in [6.45, 7) is 2.33. The second-order valence-electron chi connectivity index (χ2n) is 2.63. The number of hydrogen-bond donors (Lipinski definition) is 0. The molecule has 1 rings (SSSR count). The first-order valence-corrected chi connectivity index (χ1v) is 6.52. The van der Waals surface area contributed by atoms with Crippen LogP contribution < -0.4 is 4.52 Å². The van der Waals surface area contributed by atoms with Gasteiger partial charge >= 0.3 is 7.82 Å². The molecule has 0 fully saturated rings. The van der Waals surface area contributed by atoms with Gasteiger partial charge in [0, 0.05) is 20.8 Å². The molecule has 0 radical (unpaired) electrons. The number of aromatic nitrogens is 2. The normalized spacial score (nSPS) is 11.8. The van der Waals surface area contributed by atoms with E-state index in [0.717, 1.165) is 0 Å². The molecule has 0 amide bonds. The van der Waals surface area contributed by atoms with Crippen molar-refractivity contribution in [2.75, 3.05) is 14.2 Å². The maximum Gasteiger partial charge on any atom is 0.530 e. The summed E-state index contributed by atoms with van der Waals surface area (Å²) in [5.41, 5.74) is 0. The molecule has 1 aromatic rings. The molecule has 0 saturated carbocycles. The summed E-state index contributed by atoms with van der Waals surface area (Å²) >= 11 is 11.7. The van der Waals surface area contributed by atoms with Gasteiger partial charge in [-0.25, -0.2) is 9.25 Å². The van der Waals surface area contributed by atoms with E-state index in [0.29, 0.717) is 6.54 Å². The average molecular weight is 289 g/mol. The first kappa shape index (κ1) is 13.8. The Bertz CT molecular complexity index is 415. The van der Waals surface area contributed by atoms with Crippen LogP contribution in [0.1, 0.15) is 6.92 Å². The van der Waals surface area contributed by atoms with Gasteiger partial charge in [-0.05, 0) is 6.92 Å². The molecule has 92 valence electrons. The molecule has 16 heavy (non-hydrogen) atoms. The number of halogens is 2. The monoisotopic (exact) mass is 288 g/mol. The molecule has 0 aliphatic heterocycles. The van der Waals surface area contributed by atoms with Crippen LogP contribution in [0.4, 0.5) is 0 Å². The average Bonchev–Trinajstić information content (AvgIpc) is 2.56. The third kappa shape index (κ3) is 2.70. The zero-order valence-electron chi connectivity index (χ0n) is 8.94. The minimum atomic E-state index is -3.67. The van der Waals surface area contributed by atoms with Gasteiger partial charge in [-0.1, -0.05) is 23.2 Å². The summed E-state index contributed by atoms with van der Waals surface area (Å²) in [5, 5.41) is 4.18. The molecule has 0 aliphatic rings. The van der Waals surface area contributed by atoms with Crippen molar-refractivity contribution in [3.63, 3.8) is 0 Å². The first-order valence-electron chi connectivity index (χ1n) is 4.30. The summed E-state index contributed by atoms with van der Waals surface area (Å²) in [4.78, 5) is 0. The fourth-order valence-electron chi connectivity index (χ4n) is 0.922. The van der Waals surface area contributed by atoms with Crippen molar-refractivity contribution >= 4 is 31.0 Å². The second kappa shape index (κ2) is 5.38. The molecule has 0 aliphatic carbocycles. The predicted octanol–water partition coefficient (Wildman–Crippen LogP) is 2.99. The van der Waals surface area contributed by atoms with Crippen LogP contribution in [0.5, 0.6) is 5.88 Å². The zero-order chi connectivity index (χ0) is 12.3. The highest BCUT2D eigenvalue weighted by molar-refractivity contribution is 7.48. The number of rotatable bonds is 5. The van der Waals surface area contributed by atoms with Crippen LogP contribution in [-0.2, 0) is 20.2 Å². The van der Waals surface area contributed by atoms with Gasteiger partial charge in [-0.15, -0.1) is 5.10 Å². The SMILES string of the molecule is CCn1nc(OP(=O)(OC)OC)c(Cl)c1Cl. The van der Waals surface area contributed by atoms with Crippen molar-refractivity contribution in [2.24, 2.45) is 0 Å². The van der Waals surface area contributed by atoms with Crippen molar-refractivity contribution in [1.82, 2.24) is 9.78 Å². The van der Waals surface area contributed by atoms with Crippen LogP contribution in [0.25, 0.3) is 0 Å². The molecule has 0 aromatic carbocycles. The number of nitrogens with zero attached hydrogens (tertiary/aromatic N) is 2. The Morgan fingerprint density at radius 3 is 2.31 bits per heavy atom. The lowest BCUT2D eigenvalue weighted by Gasteiger charge is -2.11. The Kier molecular flexibility index (Phi) is 4.64. The van der Waals surface area contributed by atoms with Gasteiger partial charge in [0.25, 0.3) is 5.88 Å². The van der Waals surface area contributed by atoms with Crippen molar-refractivity contribution in [1.29, 1.82) is 0 Å². The zero-order valence-corrected chi connectivity index (χ0v) is 11.3. The molecule has 0 atom stereocenters. The largest absolute Gasteiger partial charge is 0.530 e. The molecular weight excluding hydrogens is 278 g/mol. The number of phosphoric ester groups is 1. The number of aryl methyl sites for hydroxylation is 1. The van der Waals surface area contributed by atoms with Gasteiger partial charge in [-0.3, -0.25) is 9.05 Å². The van der Waals surface area contributed by atoms with E-state index in [2.05, 4.69) is 14.1 Å². The fraction of sp³-hybridized carbons (Fsp3) is 0.571. The van der Waals surface area contributed by atoms with Crippen molar-refractivity contribution in [2.45, 2.75) is 13.5 Å². The van der Waals surface area contributed by atoms with E-state index in [9.17, 15) is 4.57 Å². The second-order valence-corrected chi connectivity index (χ2v) is 5.17. The molecule has 9 heteroatoms. The van der Waals surface area contributed by atoms with Gasteiger partial charge in [0.2, 0.25) is 0 Å². The first-order chi connectivity index (χ1) is 7.47. The minimum absolute atomic E-state index is 0.0674. The van der Waals surface area contributed by atoms with Crippen molar-refractivity contribution in [3.05, 3.63) is 10.2 Å². The van der Waals surface area contributed by atoms with Crippen LogP contribution in [0, 0.1) is 0 Å². The van der Waals surface area contributed by atoms with Crippen LogP contribution in [-0.4, -0.2) is 24.0 Å². The van der Waals surface area contributed by atoms with E-state index in [1.54, 1.807) is 0 Å². The lowest BCUT2D eigenvalue weighted by molar-refractivity contribution is 0.208. The van der Waals surface area contributed by atoms with E-state index in [4.69, 9.17) is 27.7 Å². The third-order valence-electron chi connectivity index (χ3n) is 1.75. The molecule has 6 nitrogen and oxygen atoms in total. The molecule has 1 aromatic heterocycles. The molecule has 0 unspecified atom stereocenters. The Labute approximate surface area is 103 Å². The van der Waals surface area contributed by atoms with Crippen LogP contribution in [0.15, 0.2) is 0 Å². The van der Waals surface area contributed by atoms with E-state index in [1.165, 1.54) is 18.9 Å².